The van der Waals surface area contributed by atoms with Crippen molar-refractivity contribution in [3.63, 3.8) is 0 Å². The molecule has 124 valence electrons. The van der Waals surface area contributed by atoms with Crippen LogP contribution in [-0.2, 0) is 9.53 Å². The van der Waals surface area contributed by atoms with Crippen molar-refractivity contribution in [2.75, 3.05) is 26.3 Å². The molecule has 0 saturated carbocycles. The molecule has 3 unspecified atom stereocenters. The topological polar surface area (TPSA) is 61.9 Å². The number of ether oxygens (including phenoxy) is 1. The molecule has 2 bridgehead atoms. The van der Waals surface area contributed by atoms with Crippen LogP contribution in [0, 0.1) is 0 Å². The summed E-state index contributed by atoms with van der Waals surface area (Å²) < 4.78 is 5.29. The predicted molar refractivity (Wildman–Crippen MR) is 82.5 cm³/mol. The molecule has 22 heavy (non-hydrogen) atoms. The van der Waals surface area contributed by atoms with Crippen LogP contribution in [0.15, 0.2) is 0 Å². The van der Waals surface area contributed by atoms with E-state index in [1.165, 1.54) is 6.42 Å². The summed E-state index contributed by atoms with van der Waals surface area (Å²) in [5.74, 6) is 0.0310. The molecular formula is C16H27N3O3. The Balaban J connectivity index is 1.59. The van der Waals surface area contributed by atoms with Crippen LogP contribution in [0.1, 0.15) is 45.4 Å². The van der Waals surface area contributed by atoms with E-state index >= 15 is 0 Å². The third kappa shape index (κ3) is 3.07. The Morgan fingerprint density at radius 3 is 2.36 bits per heavy atom. The number of nitrogens with zero attached hydrogens (tertiary/aromatic N) is 2. The molecule has 3 saturated heterocycles. The summed E-state index contributed by atoms with van der Waals surface area (Å²) in [7, 11) is 0. The molecule has 6 nitrogen and oxygen atoms in total. The lowest BCUT2D eigenvalue weighted by Gasteiger charge is -2.36. The second-order valence-electron chi connectivity index (χ2n) is 6.57. The van der Waals surface area contributed by atoms with Gasteiger partial charge in [0.2, 0.25) is 5.91 Å². The lowest BCUT2D eigenvalue weighted by atomic mass is 10.0. The third-order valence-electron chi connectivity index (χ3n) is 5.26. The van der Waals surface area contributed by atoms with Crippen LogP contribution in [-0.4, -0.2) is 66.2 Å². The van der Waals surface area contributed by atoms with E-state index in [-0.39, 0.29) is 11.9 Å². The SMILES string of the molecule is CCC(NC(=O)N1C2CCCC1CC2)C(=O)N1CCOCC1. The first-order valence-electron chi connectivity index (χ1n) is 8.66. The van der Waals surface area contributed by atoms with Crippen molar-refractivity contribution >= 4 is 11.9 Å². The van der Waals surface area contributed by atoms with Gasteiger partial charge in [-0.25, -0.2) is 4.79 Å². The van der Waals surface area contributed by atoms with Crippen LogP contribution < -0.4 is 5.32 Å². The van der Waals surface area contributed by atoms with Crippen molar-refractivity contribution < 1.29 is 14.3 Å². The smallest absolute Gasteiger partial charge is 0.318 e. The summed E-state index contributed by atoms with van der Waals surface area (Å²) in [5, 5.41) is 2.99. The highest BCUT2D eigenvalue weighted by Crippen LogP contribution is 2.35. The molecule has 0 aromatic rings. The summed E-state index contributed by atoms with van der Waals surface area (Å²) in [5.41, 5.74) is 0. The second kappa shape index (κ2) is 6.86. The number of piperidine rings is 1. The molecule has 3 heterocycles. The van der Waals surface area contributed by atoms with Gasteiger partial charge in [-0.15, -0.1) is 0 Å². The zero-order chi connectivity index (χ0) is 15.5. The van der Waals surface area contributed by atoms with E-state index in [0.29, 0.717) is 44.8 Å². The van der Waals surface area contributed by atoms with E-state index in [1.807, 2.05) is 16.7 Å². The third-order valence-corrected chi connectivity index (χ3v) is 5.26. The van der Waals surface area contributed by atoms with Crippen molar-refractivity contribution in [1.82, 2.24) is 15.1 Å². The average Bonchev–Trinajstić information content (AvgIpc) is 2.82. The number of rotatable bonds is 3. The fourth-order valence-electron chi connectivity index (χ4n) is 4.01. The Bertz CT molecular complexity index is 407. The zero-order valence-corrected chi connectivity index (χ0v) is 13.4. The summed E-state index contributed by atoms with van der Waals surface area (Å²) in [6.07, 6.45) is 6.31. The van der Waals surface area contributed by atoms with Gasteiger partial charge in [0.25, 0.3) is 0 Å². The monoisotopic (exact) mass is 309 g/mol. The van der Waals surface area contributed by atoms with Crippen molar-refractivity contribution in [2.24, 2.45) is 0 Å². The van der Waals surface area contributed by atoms with Gasteiger partial charge in [0.05, 0.1) is 13.2 Å². The maximum Gasteiger partial charge on any atom is 0.318 e. The molecule has 0 spiro atoms. The molecule has 1 N–H and O–H groups in total. The second-order valence-corrected chi connectivity index (χ2v) is 6.57. The van der Waals surface area contributed by atoms with Crippen molar-refractivity contribution in [1.29, 1.82) is 0 Å². The molecule has 6 heteroatoms. The van der Waals surface area contributed by atoms with Crippen LogP contribution >= 0.6 is 0 Å². The van der Waals surface area contributed by atoms with Crippen LogP contribution in [0.3, 0.4) is 0 Å². The largest absolute Gasteiger partial charge is 0.378 e. The summed E-state index contributed by atoms with van der Waals surface area (Å²) in [6, 6.07) is 0.317. The van der Waals surface area contributed by atoms with Crippen molar-refractivity contribution in [3.05, 3.63) is 0 Å². The summed E-state index contributed by atoms with van der Waals surface area (Å²) in [4.78, 5) is 29.0. The Morgan fingerprint density at radius 2 is 1.77 bits per heavy atom. The fraction of sp³-hybridized carbons (Fsp3) is 0.875. The van der Waals surface area contributed by atoms with E-state index in [0.717, 1.165) is 25.7 Å². The molecule has 3 atom stereocenters. The molecule has 0 aliphatic carbocycles. The van der Waals surface area contributed by atoms with Gasteiger partial charge in [-0.2, -0.15) is 0 Å². The normalized spacial score (nSPS) is 29.3. The first-order valence-corrected chi connectivity index (χ1v) is 8.66. The van der Waals surface area contributed by atoms with Crippen LogP contribution in [0.4, 0.5) is 4.79 Å². The highest BCUT2D eigenvalue weighted by Gasteiger charge is 2.40. The first-order chi connectivity index (χ1) is 10.7. The van der Waals surface area contributed by atoms with Crippen LogP contribution in [0.2, 0.25) is 0 Å². The number of hydrogen-bond donors (Lipinski definition) is 1. The number of fused-ring (bicyclic) bond motifs is 2. The molecule has 3 rings (SSSR count). The average molecular weight is 309 g/mol. The molecule has 0 radical (unpaired) electrons. The maximum absolute atomic E-state index is 12.6. The Labute approximate surface area is 132 Å². The quantitative estimate of drug-likeness (QED) is 0.856. The Hall–Kier alpha value is -1.30. The van der Waals surface area contributed by atoms with Gasteiger partial charge in [0.15, 0.2) is 0 Å². The molecule has 3 amide bonds. The van der Waals surface area contributed by atoms with Gasteiger partial charge in [-0.1, -0.05) is 6.92 Å². The van der Waals surface area contributed by atoms with Gasteiger partial charge in [-0.3, -0.25) is 4.79 Å². The van der Waals surface area contributed by atoms with E-state index in [1.54, 1.807) is 0 Å². The van der Waals surface area contributed by atoms with Gasteiger partial charge in [0, 0.05) is 25.2 Å². The van der Waals surface area contributed by atoms with E-state index in [9.17, 15) is 9.59 Å². The van der Waals surface area contributed by atoms with Crippen LogP contribution in [0.25, 0.3) is 0 Å². The number of carbonyl (C=O) groups excluding carboxylic acids is 2. The highest BCUT2D eigenvalue weighted by molar-refractivity contribution is 5.87. The lowest BCUT2D eigenvalue weighted by Crippen LogP contribution is -2.56. The van der Waals surface area contributed by atoms with E-state index < -0.39 is 6.04 Å². The summed E-state index contributed by atoms with van der Waals surface area (Å²) in [6.45, 7) is 4.38. The van der Waals surface area contributed by atoms with Crippen LogP contribution in [0.5, 0.6) is 0 Å². The molecule has 3 aliphatic rings. The number of urea groups is 1. The number of hydrogen-bond acceptors (Lipinski definition) is 3. The number of amides is 3. The fourth-order valence-corrected chi connectivity index (χ4v) is 4.01. The minimum Gasteiger partial charge on any atom is -0.378 e. The minimum atomic E-state index is -0.410. The number of morpholine rings is 1. The van der Waals surface area contributed by atoms with Gasteiger partial charge in [-0.05, 0) is 38.5 Å². The van der Waals surface area contributed by atoms with E-state index in [4.69, 9.17) is 4.74 Å². The van der Waals surface area contributed by atoms with E-state index in [2.05, 4.69) is 5.32 Å². The first kappa shape index (κ1) is 15.6. The maximum atomic E-state index is 12.6. The predicted octanol–water partition coefficient (Wildman–Crippen LogP) is 1.35. The molecule has 3 fully saturated rings. The van der Waals surface area contributed by atoms with Crippen molar-refractivity contribution in [2.45, 2.75) is 63.6 Å². The number of carbonyl (C=O) groups is 2. The molecular weight excluding hydrogens is 282 g/mol. The van der Waals surface area contributed by atoms with Gasteiger partial charge in [0.1, 0.15) is 6.04 Å². The zero-order valence-electron chi connectivity index (χ0n) is 13.4. The molecule has 3 aliphatic heterocycles. The standard InChI is InChI=1S/C16H27N3O3/c1-2-14(15(20)18-8-10-22-11-9-18)17-16(21)19-12-4-3-5-13(19)7-6-12/h12-14H,2-11H2,1H3,(H,17,21). The Kier molecular flexibility index (Phi) is 4.86. The highest BCUT2D eigenvalue weighted by atomic mass is 16.5. The van der Waals surface area contributed by atoms with Gasteiger partial charge < -0.3 is 19.9 Å². The Morgan fingerprint density at radius 1 is 1.14 bits per heavy atom. The van der Waals surface area contributed by atoms with Crippen molar-refractivity contribution in [3.8, 4) is 0 Å². The van der Waals surface area contributed by atoms with Gasteiger partial charge >= 0.3 is 6.03 Å². The summed E-state index contributed by atoms with van der Waals surface area (Å²) >= 11 is 0. The number of nitrogens with one attached hydrogen (secondary N) is 1. The molecule has 0 aromatic heterocycles. The molecule has 0 aromatic carbocycles. The minimum absolute atomic E-state index is 0.0310. The lowest BCUT2D eigenvalue weighted by molar-refractivity contribution is -0.137.